The largest absolute Gasteiger partial charge is 0.391 e. The molecule has 35 heavy (non-hydrogen) atoms. The number of carbonyl (C=O) groups excluding carboxylic acids is 2. The van der Waals surface area contributed by atoms with Crippen molar-refractivity contribution in [2.24, 2.45) is 5.41 Å². The standard InChI is InChI=1S/C26H38Cl2N4O3/c27-20-4-3-19(17-21(20)28)30-13-6-24(34)32(16-15-30)22(25(35)31-10-1-2-11-31)5-12-29-14-9-26(7-8-26)23(33)18-29/h3-4,21-23,33H,1-2,5-18H2. The van der Waals surface area contributed by atoms with Crippen molar-refractivity contribution in [3.63, 3.8) is 0 Å². The summed E-state index contributed by atoms with van der Waals surface area (Å²) in [7, 11) is 0. The second-order valence-corrected chi connectivity index (χ2v) is 11.9. The molecule has 5 rings (SSSR count). The highest BCUT2D eigenvalue weighted by Crippen LogP contribution is 2.53. The number of nitrogens with zero attached hydrogens (tertiary/aromatic N) is 4. The normalized spacial score (nSPS) is 30.3. The van der Waals surface area contributed by atoms with Crippen molar-refractivity contribution in [1.29, 1.82) is 0 Å². The van der Waals surface area contributed by atoms with Crippen LogP contribution in [0.3, 0.4) is 0 Å². The minimum absolute atomic E-state index is 0.0491. The van der Waals surface area contributed by atoms with Crippen LogP contribution in [-0.2, 0) is 9.59 Å². The molecule has 3 aliphatic heterocycles. The zero-order chi connectivity index (χ0) is 24.6. The summed E-state index contributed by atoms with van der Waals surface area (Å²) in [5.41, 5.74) is 1.27. The van der Waals surface area contributed by atoms with Crippen LogP contribution in [0.5, 0.6) is 0 Å². The van der Waals surface area contributed by atoms with Gasteiger partial charge < -0.3 is 24.7 Å². The number of aliphatic hydroxyl groups is 1. The summed E-state index contributed by atoms with van der Waals surface area (Å²) in [5.74, 6) is 0.140. The Balaban J connectivity index is 1.26. The van der Waals surface area contributed by atoms with Crippen LogP contribution >= 0.6 is 23.2 Å². The number of alkyl halides is 1. The monoisotopic (exact) mass is 524 g/mol. The fourth-order valence-electron chi connectivity index (χ4n) is 6.21. The second-order valence-electron chi connectivity index (χ2n) is 11.0. The number of halogens is 2. The van der Waals surface area contributed by atoms with E-state index in [9.17, 15) is 14.7 Å². The van der Waals surface area contributed by atoms with Crippen molar-refractivity contribution in [3.05, 3.63) is 22.9 Å². The maximum absolute atomic E-state index is 13.6. The summed E-state index contributed by atoms with van der Waals surface area (Å²) < 4.78 is 0. The molecule has 194 valence electrons. The van der Waals surface area contributed by atoms with E-state index < -0.39 is 6.04 Å². The summed E-state index contributed by atoms with van der Waals surface area (Å²) in [6.45, 7) is 5.77. The minimum Gasteiger partial charge on any atom is -0.391 e. The summed E-state index contributed by atoms with van der Waals surface area (Å²) in [6.07, 6.45) is 10.6. The van der Waals surface area contributed by atoms with Crippen LogP contribution in [0.25, 0.3) is 0 Å². The van der Waals surface area contributed by atoms with E-state index in [-0.39, 0.29) is 28.7 Å². The highest BCUT2D eigenvalue weighted by molar-refractivity contribution is 6.37. The Morgan fingerprint density at radius 3 is 2.54 bits per heavy atom. The number of piperidine rings is 1. The molecule has 1 saturated carbocycles. The van der Waals surface area contributed by atoms with Crippen LogP contribution in [0.2, 0.25) is 0 Å². The van der Waals surface area contributed by atoms with Gasteiger partial charge in [0.15, 0.2) is 0 Å². The van der Waals surface area contributed by atoms with Gasteiger partial charge in [0.1, 0.15) is 6.04 Å². The summed E-state index contributed by atoms with van der Waals surface area (Å²) >= 11 is 12.5. The zero-order valence-electron chi connectivity index (χ0n) is 20.5. The van der Waals surface area contributed by atoms with Crippen molar-refractivity contribution in [2.45, 2.75) is 68.9 Å². The van der Waals surface area contributed by atoms with Crippen LogP contribution in [0.4, 0.5) is 0 Å². The van der Waals surface area contributed by atoms with Gasteiger partial charge in [-0.2, -0.15) is 0 Å². The number of carbonyl (C=O) groups is 2. The average Bonchev–Trinajstić information content (AvgIpc) is 3.47. The van der Waals surface area contributed by atoms with Crippen molar-refractivity contribution in [1.82, 2.24) is 19.6 Å². The molecule has 1 spiro atoms. The van der Waals surface area contributed by atoms with E-state index >= 15 is 0 Å². The predicted molar refractivity (Wildman–Crippen MR) is 137 cm³/mol. The molecule has 3 atom stereocenters. The van der Waals surface area contributed by atoms with Crippen LogP contribution < -0.4 is 0 Å². The number of hydrogen-bond donors (Lipinski definition) is 1. The number of allylic oxidation sites excluding steroid dienone is 4. The van der Waals surface area contributed by atoms with Crippen molar-refractivity contribution in [3.8, 4) is 0 Å². The quantitative estimate of drug-likeness (QED) is 0.541. The van der Waals surface area contributed by atoms with Gasteiger partial charge in [0.25, 0.3) is 0 Å². The van der Waals surface area contributed by atoms with Crippen molar-refractivity contribution >= 4 is 35.0 Å². The molecule has 5 aliphatic rings. The lowest BCUT2D eigenvalue weighted by Crippen LogP contribution is -2.53. The number of rotatable bonds is 6. The molecular formula is C26H38Cl2N4O3. The van der Waals surface area contributed by atoms with Gasteiger partial charge in [-0.15, -0.1) is 11.6 Å². The molecule has 0 bridgehead atoms. The molecule has 3 unspecified atom stereocenters. The molecule has 1 N–H and O–H groups in total. The van der Waals surface area contributed by atoms with Gasteiger partial charge in [-0.25, -0.2) is 0 Å². The fourth-order valence-corrected chi connectivity index (χ4v) is 6.58. The van der Waals surface area contributed by atoms with Crippen LogP contribution in [0.1, 0.15) is 51.4 Å². The van der Waals surface area contributed by atoms with Crippen molar-refractivity contribution < 1.29 is 14.7 Å². The lowest BCUT2D eigenvalue weighted by Gasteiger charge is -2.38. The Morgan fingerprint density at radius 2 is 1.86 bits per heavy atom. The second kappa shape index (κ2) is 10.6. The first kappa shape index (κ1) is 25.4. The first-order chi connectivity index (χ1) is 16.9. The Kier molecular flexibility index (Phi) is 7.69. The molecule has 3 heterocycles. The van der Waals surface area contributed by atoms with E-state index in [2.05, 4.69) is 9.80 Å². The van der Waals surface area contributed by atoms with E-state index in [1.54, 1.807) is 0 Å². The average molecular weight is 526 g/mol. The van der Waals surface area contributed by atoms with Gasteiger partial charge >= 0.3 is 0 Å². The Labute approximate surface area is 218 Å². The maximum Gasteiger partial charge on any atom is 0.245 e. The SMILES string of the molecule is O=C(C(CCN1CCC2(CC2)C(O)C1)N1CCN(C2=CC=C(Cl)C(Cl)C2)CCC1=O)N1CCCC1. The van der Waals surface area contributed by atoms with Gasteiger partial charge in [-0.1, -0.05) is 11.6 Å². The van der Waals surface area contributed by atoms with Crippen LogP contribution in [-0.4, -0.2) is 106 Å². The highest BCUT2D eigenvalue weighted by Gasteiger charge is 2.51. The van der Waals surface area contributed by atoms with Gasteiger partial charge in [0.05, 0.1) is 11.5 Å². The lowest BCUT2D eigenvalue weighted by atomic mass is 9.90. The van der Waals surface area contributed by atoms with Gasteiger partial charge in [0, 0.05) is 69.4 Å². The Morgan fingerprint density at radius 1 is 1.09 bits per heavy atom. The molecule has 2 aliphatic carbocycles. The number of β-amino-alcohol motifs (C(OH)–C–C–N with tert-alkyl or cyclic N) is 1. The maximum atomic E-state index is 13.6. The van der Waals surface area contributed by atoms with E-state index in [0.29, 0.717) is 50.5 Å². The number of likely N-dealkylation sites (tertiary alicyclic amines) is 2. The third-order valence-electron chi connectivity index (χ3n) is 8.81. The molecule has 2 amide bonds. The summed E-state index contributed by atoms with van der Waals surface area (Å²) in [6, 6.07) is -0.440. The molecular weight excluding hydrogens is 487 g/mol. The van der Waals surface area contributed by atoms with E-state index in [0.717, 1.165) is 64.0 Å². The van der Waals surface area contributed by atoms with E-state index in [1.165, 1.54) is 0 Å². The highest BCUT2D eigenvalue weighted by atomic mass is 35.5. The van der Waals surface area contributed by atoms with Gasteiger partial charge in [-0.3, -0.25) is 9.59 Å². The first-order valence-electron chi connectivity index (χ1n) is 13.3. The zero-order valence-corrected chi connectivity index (χ0v) is 22.0. The third-order valence-corrected chi connectivity index (χ3v) is 9.70. The number of amides is 2. The number of hydrogen-bond acceptors (Lipinski definition) is 5. The molecule has 0 aromatic heterocycles. The topological polar surface area (TPSA) is 67.3 Å². The lowest BCUT2D eigenvalue weighted by molar-refractivity contribution is -0.145. The first-order valence-corrected chi connectivity index (χ1v) is 14.1. The Hall–Kier alpha value is -1.28. The Bertz CT molecular complexity index is 884. The number of aliphatic hydroxyl groups excluding tert-OH is 1. The van der Waals surface area contributed by atoms with Crippen LogP contribution in [0, 0.1) is 5.41 Å². The molecule has 0 aromatic rings. The third kappa shape index (κ3) is 5.53. The molecule has 0 aromatic carbocycles. The van der Waals surface area contributed by atoms with Gasteiger partial charge in [0.2, 0.25) is 11.8 Å². The molecule has 9 heteroatoms. The molecule has 3 saturated heterocycles. The minimum atomic E-state index is -0.440. The molecule has 4 fully saturated rings. The predicted octanol–water partition coefficient (Wildman–Crippen LogP) is 2.77. The fraction of sp³-hybridized carbons (Fsp3) is 0.769. The van der Waals surface area contributed by atoms with Crippen molar-refractivity contribution in [2.75, 3.05) is 52.4 Å². The smallest absolute Gasteiger partial charge is 0.245 e. The van der Waals surface area contributed by atoms with E-state index in [1.807, 2.05) is 22.0 Å². The van der Waals surface area contributed by atoms with Crippen LogP contribution in [0.15, 0.2) is 22.9 Å². The summed E-state index contributed by atoms with van der Waals surface area (Å²) in [5, 5.41) is 11.0. The van der Waals surface area contributed by atoms with E-state index in [4.69, 9.17) is 23.2 Å². The molecule has 7 nitrogen and oxygen atoms in total. The molecule has 0 radical (unpaired) electrons. The summed E-state index contributed by atoms with van der Waals surface area (Å²) in [4.78, 5) is 35.2. The van der Waals surface area contributed by atoms with Gasteiger partial charge in [-0.05, 0) is 62.6 Å².